The van der Waals surface area contributed by atoms with Crippen molar-refractivity contribution in [1.82, 2.24) is 0 Å². The van der Waals surface area contributed by atoms with Gasteiger partial charge in [0.1, 0.15) is 6.10 Å². The van der Waals surface area contributed by atoms with Crippen LogP contribution < -0.4 is 18.9 Å². The molecule has 1 aliphatic rings. The third-order valence-corrected chi connectivity index (χ3v) is 7.33. The number of phenols is 2. The number of carbonyl (C=O) groups excluding carboxylic acids is 1. The zero-order chi connectivity index (χ0) is 28.3. The van der Waals surface area contributed by atoms with Crippen molar-refractivity contribution in [2.45, 2.75) is 26.4 Å². The lowest BCUT2D eigenvalue weighted by Crippen LogP contribution is -2.26. The van der Waals surface area contributed by atoms with Gasteiger partial charge in [-0.3, -0.25) is 0 Å². The molecule has 0 heterocycles. The van der Waals surface area contributed by atoms with Crippen molar-refractivity contribution >= 4 is 12.0 Å². The number of hydrogen-bond donors (Lipinski definition) is 2. The van der Waals surface area contributed by atoms with Gasteiger partial charge in [-0.1, -0.05) is 44.2 Å². The molecule has 0 aromatic heterocycles. The Morgan fingerprint density at radius 1 is 0.846 bits per heavy atom. The number of esters is 1. The van der Waals surface area contributed by atoms with Gasteiger partial charge >= 0.3 is 5.97 Å². The Bertz CT molecular complexity index is 1380. The lowest BCUT2D eigenvalue weighted by Gasteiger charge is -2.35. The molecule has 8 heteroatoms. The van der Waals surface area contributed by atoms with Crippen LogP contribution in [-0.2, 0) is 16.0 Å². The van der Waals surface area contributed by atoms with Gasteiger partial charge in [-0.15, -0.1) is 0 Å². The Balaban J connectivity index is 1.96. The summed E-state index contributed by atoms with van der Waals surface area (Å²) >= 11 is 0. The van der Waals surface area contributed by atoms with Gasteiger partial charge < -0.3 is 33.9 Å². The Hall–Kier alpha value is -4.33. The highest BCUT2D eigenvalue weighted by molar-refractivity contribution is 5.90. The molecule has 39 heavy (non-hydrogen) atoms. The van der Waals surface area contributed by atoms with Crippen LogP contribution in [0.5, 0.6) is 34.5 Å². The summed E-state index contributed by atoms with van der Waals surface area (Å²) in [7, 11) is 5.78. The molecule has 3 aromatic rings. The molecule has 0 spiro atoms. The van der Waals surface area contributed by atoms with Crippen LogP contribution in [0.1, 0.15) is 36.6 Å². The van der Waals surface area contributed by atoms with Crippen LogP contribution in [0.2, 0.25) is 0 Å². The van der Waals surface area contributed by atoms with Crippen molar-refractivity contribution in [2.24, 2.45) is 11.8 Å². The van der Waals surface area contributed by atoms with Crippen LogP contribution >= 0.6 is 0 Å². The molecular formula is C31H34O8. The summed E-state index contributed by atoms with van der Waals surface area (Å²) in [4.78, 5) is 13.1. The first-order valence-electron chi connectivity index (χ1n) is 12.6. The lowest BCUT2D eigenvalue weighted by atomic mass is 9.76. The molecule has 0 radical (unpaired) electrons. The number of rotatable bonds is 7. The predicted octanol–water partition coefficient (Wildman–Crippen LogP) is 5.93. The first-order chi connectivity index (χ1) is 18.7. The van der Waals surface area contributed by atoms with Gasteiger partial charge in [-0.05, 0) is 41.7 Å². The van der Waals surface area contributed by atoms with E-state index in [1.54, 1.807) is 12.1 Å². The van der Waals surface area contributed by atoms with E-state index in [9.17, 15) is 15.0 Å². The topological polar surface area (TPSA) is 104 Å². The Kier molecular flexibility index (Phi) is 8.24. The van der Waals surface area contributed by atoms with Crippen molar-refractivity contribution in [3.05, 3.63) is 65.2 Å². The quantitative estimate of drug-likeness (QED) is 0.284. The van der Waals surface area contributed by atoms with Gasteiger partial charge in [0, 0.05) is 28.7 Å². The fourth-order valence-electron chi connectivity index (χ4n) is 5.12. The van der Waals surface area contributed by atoms with Gasteiger partial charge in [0.05, 0.1) is 28.4 Å². The molecule has 0 fully saturated rings. The summed E-state index contributed by atoms with van der Waals surface area (Å²) in [5, 5.41) is 22.5. The van der Waals surface area contributed by atoms with E-state index in [2.05, 4.69) is 6.92 Å². The van der Waals surface area contributed by atoms with Gasteiger partial charge in [-0.25, -0.2) is 4.79 Å². The van der Waals surface area contributed by atoms with E-state index < -0.39 is 12.1 Å². The molecular weight excluding hydrogens is 500 g/mol. The van der Waals surface area contributed by atoms with Gasteiger partial charge in [0.25, 0.3) is 0 Å². The second kappa shape index (κ2) is 11.6. The highest BCUT2D eigenvalue weighted by Crippen LogP contribution is 2.57. The molecule has 2 N–H and O–H groups in total. The number of benzene rings is 3. The molecule has 0 saturated heterocycles. The van der Waals surface area contributed by atoms with Crippen molar-refractivity contribution in [2.75, 3.05) is 28.4 Å². The number of methoxy groups -OCH3 is 4. The number of aromatic hydroxyl groups is 2. The zero-order valence-corrected chi connectivity index (χ0v) is 23.0. The predicted molar refractivity (Wildman–Crippen MR) is 148 cm³/mol. The second-order valence-electron chi connectivity index (χ2n) is 9.56. The van der Waals surface area contributed by atoms with E-state index in [-0.39, 0.29) is 40.6 Å². The van der Waals surface area contributed by atoms with E-state index in [0.717, 1.165) is 11.1 Å². The molecule has 0 amide bonds. The third-order valence-electron chi connectivity index (χ3n) is 7.33. The Morgan fingerprint density at radius 2 is 1.51 bits per heavy atom. The van der Waals surface area contributed by atoms with Crippen molar-refractivity contribution in [3.63, 3.8) is 0 Å². The van der Waals surface area contributed by atoms with Gasteiger partial charge in [0.2, 0.25) is 11.5 Å². The smallest absolute Gasteiger partial charge is 0.331 e. The summed E-state index contributed by atoms with van der Waals surface area (Å²) in [5.41, 5.74) is 2.93. The minimum absolute atomic E-state index is 0.0103. The minimum atomic E-state index is -0.757. The molecule has 4 rings (SSSR count). The maximum absolute atomic E-state index is 13.1. The summed E-state index contributed by atoms with van der Waals surface area (Å²) in [6.07, 6.45) is 2.84. The molecule has 1 aliphatic carbocycles. The third kappa shape index (κ3) is 5.19. The number of hydrogen-bond acceptors (Lipinski definition) is 8. The zero-order valence-electron chi connectivity index (χ0n) is 23.0. The van der Waals surface area contributed by atoms with Crippen LogP contribution in [0, 0.1) is 11.8 Å². The number of fused-ring (bicyclic) bond motifs is 3. The number of ether oxygens (including phenoxy) is 5. The van der Waals surface area contributed by atoms with Crippen molar-refractivity contribution < 1.29 is 38.7 Å². The van der Waals surface area contributed by atoms with Crippen LogP contribution in [0.4, 0.5) is 0 Å². The van der Waals surface area contributed by atoms with Crippen LogP contribution in [0.15, 0.2) is 48.5 Å². The lowest BCUT2D eigenvalue weighted by molar-refractivity contribution is -0.146. The summed E-state index contributed by atoms with van der Waals surface area (Å²) < 4.78 is 28.2. The largest absolute Gasteiger partial charge is 0.504 e. The fraction of sp³-hybridized carbons (Fsp3) is 0.323. The molecule has 3 aromatic carbocycles. The van der Waals surface area contributed by atoms with E-state index >= 15 is 0 Å². The van der Waals surface area contributed by atoms with E-state index in [1.807, 2.05) is 43.3 Å². The minimum Gasteiger partial charge on any atom is -0.504 e. The van der Waals surface area contributed by atoms with Crippen LogP contribution in [0.25, 0.3) is 17.2 Å². The SMILES string of the molecule is COc1cc2c(c(OC)c1O)-c1c(cc(OC)c(OC)c1O)C[C@@H](C)[C@@H](C)[C@H]2OC(=O)/C=C/c1ccccc1. The normalized spacial score (nSPS) is 18.4. The highest BCUT2D eigenvalue weighted by Gasteiger charge is 2.38. The highest BCUT2D eigenvalue weighted by atomic mass is 16.5. The van der Waals surface area contributed by atoms with E-state index in [0.29, 0.717) is 28.9 Å². The van der Waals surface area contributed by atoms with Crippen LogP contribution in [-0.4, -0.2) is 44.6 Å². The maximum Gasteiger partial charge on any atom is 0.331 e. The van der Waals surface area contributed by atoms with Gasteiger partial charge in [0.15, 0.2) is 23.0 Å². The molecule has 0 unspecified atom stereocenters. The average Bonchev–Trinajstić information content (AvgIpc) is 2.94. The summed E-state index contributed by atoms with van der Waals surface area (Å²) in [5.74, 6) is -0.361. The first-order valence-corrected chi connectivity index (χ1v) is 12.6. The van der Waals surface area contributed by atoms with Crippen LogP contribution in [0.3, 0.4) is 0 Å². The van der Waals surface area contributed by atoms with Crippen molar-refractivity contribution in [1.29, 1.82) is 0 Å². The van der Waals surface area contributed by atoms with E-state index in [4.69, 9.17) is 23.7 Å². The van der Waals surface area contributed by atoms with Crippen molar-refractivity contribution in [3.8, 4) is 45.6 Å². The molecule has 8 nitrogen and oxygen atoms in total. The molecule has 3 atom stereocenters. The average molecular weight is 535 g/mol. The first kappa shape index (κ1) is 27.7. The molecule has 0 bridgehead atoms. The number of carbonyl (C=O) groups is 1. The fourth-order valence-corrected chi connectivity index (χ4v) is 5.12. The molecule has 0 saturated carbocycles. The standard InChI is InChI=1S/C31H34O8/c1-17-14-20-15-23(36-4)30(37-5)28(34)25(20)26-21(16-22(35-3)27(33)31(26)38-6)29(18(17)2)39-24(32)13-12-19-10-8-7-9-11-19/h7-13,15-18,29,33-34H,14H2,1-6H3/b13-12+/t17-,18-,29-/m1/s1. The second-order valence-corrected chi connectivity index (χ2v) is 9.56. The monoisotopic (exact) mass is 534 g/mol. The number of phenolic OH excluding ortho intramolecular Hbond substituents is 2. The van der Waals surface area contributed by atoms with Gasteiger partial charge in [-0.2, -0.15) is 0 Å². The Morgan fingerprint density at radius 3 is 2.13 bits per heavy atom. The molecule has 206 valence electrons. The Labute approximate surface area is 228 Å². The molecule has 0 aliphatic heterocycles. The summed E-state index contributed by atoms with van der Waals surface area (Å²) in [6, 6.07) is 12.9. The maximum atomic E-state index is 13.1. The van der Waals surface area contributed by atoms with E-state index in [1.165, 1.54) is 34.5 Å². The summed E-state index contributed by atoms with van der Waals surface area (Å²) in [6.45, 7) is 4.06.